The van der Waals surface area contributed by atoms with Crippen LogP contribution in [0.5, 0.6) is 0 Å². The van der Waals surface area contributed by atoms with Gasteiger partial charge in [-0.1, -0.05) is 0 Å². The molecule has 2 N–H and O–H groups in total. The van der Waals surface area contributed by atoms with Crippen LogP contribution in [0, 0.1) is 5.82 Å². The summed E-state index contributed by atoms with van der Waals surface area (Å²) < 4.78 is 25.2. The van der Waals surface area contributed by atoms with Crippen molar-refractivity contribution in [3.05, 3.63) is 32.9 Å². The number of halogens is 1. The Morgan fingerprint density at radius 2 is 2.16 bits per heavy atom. The monoisotopic (exact) mass is 274 g/mol. The van der Waals surface area contributed by atoms with Crippen LogP contribution < -0.4 is 11.2 Å². The van der Waals surface area contributed by atoms with E-state index in [1.54, 1.807) is 13.8 Å². The molecule has 1 aliphatic rings. The van der Waals surface area contributed by atoms with Gasteiger partial charge >= 0.3 is 5.69 Å². The van der Waals surface area contributed by atoms with E-state index in [-0.39, 0.29) is 13.0 Å². The third-order valence-electron chi connectivity index (χ3n) is 2.77. The minimum atomic E-state index is -1.09. The maximum absolute atomic E-state index is 13.3. The molecular formula is C11H15FN2O5. The number of aromatic amines is 1. The van der Waals surface area contributed by atoms with Crippen LogP contribution in [0.1, 0.15) is 26.5 Å². The summed E-state index contributed by atoms with van der Waals surface area (Å²) in [4.78, 5) is 24.5. The van der Waals surface area contributed by atoms with Crippen LogP contribution in [0.25, 0.3) is 0 Å². The lowest BCUT2D eigenvalue weighted by molar-refractivity contribution is -0.154. The molecule has 0 spiro atoms. The Balaban J connectivity index is 2.42. The summed E-state index contributed by atoms with van der Waals surface area (Å²) in [6, 6.07) is 0. The number of hydrogen-bond acceptors (Lipinski definition) is 5. The number of nitrogens with one attached hydrogen (secondary N) is 1. The molecule has 19 heavy (non-hydrogen) atoms. The molecule has 2 rings (SSSR count). The van der Waals surface area contributed by atoms with Gasteiger partial charge in [0.25, 0.3) is 5.56 Å². The molecule has 8 heteroatoms. The lowest BCUT2D eigenvalue weighted by Crippen LogP contribution is -2.37. The second-order valence-corrected chi connectivity index (χ2v) is 4.72. The molecule has 106 valence electrons. The van der Waals surface area contributed by atoms with Crippen molar-refractivity contribution in [3.8, 4) is 0 Å². The average molecular weight is 274 g/mol. The van der Waals surface area contributed by atoms with Crippen LogP contribution in [-0.4, -0.2) is 33.2 Å². The zero-order valence-corrected chi connectivity index (χ0v) is 10.6. The lowest BCUT2D eigenvalue weighted by Gasteiger charge is -2.18. The van der Waals surface area contributed by atoms with E-state index in [0.717, 1.165) is 10.8 Å². The first-order valence-corrected chi connectivity index (χ1v) is 5.81. The second-order valence-electron chi connectivity index (χ2n) is 4.72. The van der Waals surface area contributed by atoms with Crippen LogP contribution in [0.15, 0.2) is 15.8 Å². The van der Waals surface area contributed by atoms with E-state index < -0.39 is 35.2 Å². The highest BCUT2D eigenvalue weighted by Gasteiger charge is 2.42. The molecular weight excluding hydrogens is 259 g/mol. The third-order valence-corrected chi connectivity index (χ3v) is 2.77. The molecule has 0 aliphatic carbocycles. The first-order chi connectivity index (χ1) is 8.84. The Kier molecular flexibility index (Phi) is 3.57. The number of aromatic nitrogens is 2. The van der Waals surface area contributed by atoms with Crippen LogP contribution in [0.4, 0.5) is 4.39 Å². The smallest absolute Gasteiger partial charge is 0.330 e. The highest BCUT2D eigenvalue weighted by Crippen LogP contribution is 2.35. The van der Waals surface area contributed by atoms with Gasteiger partial charge in [-0.2, -0.15) is 4.39 Å². The molecule has 0 unspecified atom stereocenters. The molecule has 1 saturated heterocycles. The Hall–Kier alpha value is -1.51. The summed E-state index contributed by atoms with van der Waals surface area (Å²) in [6.45, 7) is 3.12. The van der Waals surface area contributed by atoms with Crippen molar-refractivity contribution in [2.24, 2.45) is 0 Å². The maximum atomic E-state index is 13.3. The summed E-state index contributed by atoms with van der Waals surface area (Å²) in [6.07, 6.45) is -0.508. The molecule has 1 aliphatic heterocycles. The van der Waals surface area contributed by atoms with Gasteiger partial charge in [0, 0.05) is 13.0 Å². The molecule has 1 aromatic heterocycles. The summed E-state index contributed by atoms with van der Waals surface area (Å²) >= 11 is 0. The normalized spacial score (nSPS) is 25.7. The van der Waals surface area contributed by atoms with E-state index in [0.29, 0.717) is 0 Å². The number of aliphatic hydroxyl groups excluding tert-OH is 1. The summed E-state index contributed by atoms with van der Waals surface area (Å²) in [5.74, 6) is -2.05. The third kappa shape index (κ3) is 2.75. The van der Waals surface area contributed by atoms with Crippen LogP contribution in [-0.2, 0) is 9.47 Å². The van der Waals surface area contributed by atoms with Gasteiger partial charge in [-0.15, -0.1) is 0 Å². The number of rotatable bonds is 3. The SMILES string of the molecule is CC1(C)O[C@H](CCO)[C@@H](n2cc(F)c(=O)[nH]c2=O)O1. The standard InChI is InChI=1S/C11H15FN2O5/c1-11(2)18-7(3-4-15)9(19-11)14-5-6(12)8(16)13-10(14)17/h5,7,9,15H,3-4H2,1-2H3,(H,13,16,17)/t7-,9+/m1/s1. The van der Waals surface area contributed by atoms with E-state index >= 15 is 0 Å². The zero-order chi connectivity index (χ0) is 14.2. The van der Waals surface area contributed by atoms with Crippen molar-refractivity contribution in [2.45, 2.75) is 38.4 Å². The van der Waals surface area contributed by atoms with E-state index in [1.165, 1.54) is 0 Å². The lowest BCUT2D eigenvalue weighted by atomic mass is 10.2. The van der Waals surface area contributed by atoms with Gasteiger partial charge in [-0.25, -0.2) is 4.79 Å². The Bertz CT molecular complexity index is 579. The molecule has 1 aromatic rings. The van der Waals surface area contributed by atoms with Crippen molar-refractivity contribution in [1.82, 2.24) is 9.55 Å². The van der Waals surface area contributed by atoms with Gasteiger partial charge in [0.1, 0.15) is 6.10 Å². The number of H-pyrrole nitrogens is 1. The number of ether oxygens (including phenoxy) is 2. The summed E-state index contributed by atoms with van der Waals surface area (Å²) in [5, 5.41) is 8.97. The molecule has 0 radical (unpaired) electrons. The van der Waals surface area contributed by atoms with E-state index in [9.17, 15) is 14.0 Å². The fraction of sp³-hybridized carbons (Fsp3) is 0.636. The molecule has 0 amide bonds. The predicted molar refractivity (Wildman–Crippen MR) is 62.1 cm³/mol. The Morgan fingerprint density at radius 3 is 2.79 bits per heavy atom. The first-order valence-electron chi connectivity index (χ1n) is 5.81. The maximum Gasteiger partial charge on any atom is 0.330 e. The Morgan fingerprint density at radius 1 is 1.47 bits per heavy atom. The minimum absolute atomic E-state index is 0.165. The van der Waals surface area contributed by atoms with Crippen molar-refractivity contribution < 1.29 is 19.0 Å². The fourth-order valence-electron chi connectivity index (χ4n) is 2.03. The van der Waals surface area contributed by atoms with Crippen molar-refractivity contribution in [2.75, 3.05) is 6.61 Å². The topological polar surface area (TPSA) is 93.5 Å². The number of aliphatic hydroxyl groups is 1. The molecule has 1 fully saturated rings. The van der Waals surface area contributed by atoms with Gasteiger partial charge in [-0.3, -0.25) is 14.3 Å². The molecule has 2 heterocycles. The van der Waals surface area contributed by atoms with Gasteiger partial charge in [0.05, 0.1) is 6.20 Å². The largest absolute Gasteiger partial charge is 0.396 e. The van der Waals surface area contributed by atoms with Crippen LogP contribution >= 0.6 is 0 Å². The summed E-state index contributed by atoms with van der Waals surface area (Å²) in [5.41, 5.74) is -1.88. The highest BCUT2D eigenvalue weighted by atomic mass is 19.1. The molecule has 0 bridgehead atoms. The molecule has 0 aromatic carbocycles. The minimum Gasteiger partial charge on any atom is -0.396 e. The predicted octanol–water partition coefficient (Wildman–Crippen LogP) is -0.292. The van der Waals surface area contributed by atoms with Crippen molar-refractivity contribution >= 4 is 0 Å². The number of nitrogens with zero attached hydrogens (tertiary/aromatic N) is 1. The Labute approximate surface area is 107 Å². The first kappa shape index (κ1) is 13.9. The van der Waals surface area contributed by atoms with Gasteiger partial charge < -0.3 is 14.6 Å². The zero-order valence-electron chi connectivity index (χ0n) is 10.6. The van der Waals surface area contributed by atoms with E-state index in [1.807, 2.05) is 4.98 Å². The van der Waals surface area contributed by atoms with Crippen LogP contribution in [0.3, 0.4) is 0 Å². The van der Waals surface area contributed by atoms with E-state index in [4.69, 9.17) is 14.6 Å². The van der Waals surface area contributed by atoms with Gasteiger partial charge in [0.15, 0.2) is 12.0 Å². The second kappa shape index (κ2) is 4.87. The van der Waals surface area contributed by atoms with Gasteiger partial charge in [-0.05, 0) is 13.8 Å². The van der Waals surface area contributed by atoms with Gasteiger partial charge in [0.2, 0.25) is 5.82 Å². The number of hydrogen-bond donors (Lipinski definition) is 2. The average Bonchev–Trinajstić information content (AvgIpc) is 2.59. The van der Waals surface area contributed by atoms with Crippen molar-refractivity contribution in [1.29, 1.82) is 0 Å². The quantitative estimate of drug-likeness (QED) is 0.790. The molecule has 2 atom stereocenters. The van der Waals surface area contributed by atoms with Crippen molar-refractivity contribution in [3.63, 3.8) is 0 Å². The van der Waals surface area contributed by atoms with E-state index in [2.05, 4.69) is 0 Å². The molecule has 7 nitrogen and oxygen atoms in total. The molecule has 0 saturated carbocycles. The fourth-order valence-corrected chi connectivity index (χ4v) is 2.03. The summed E-state index contributed by atoms with van der Waals surface area (Å²) in [7, 11) is 0. The highest BCUT2D eigenvalue weighted by molar-refractivity contribution is 4.91. The van der Waals surface area contributed by atoms with Crippen LogP contribution in [0.2, 0.25) is 0 Å².